The summed E-state index contributed by atoms with van der Waals surface area (Å²) >= 11 is 5.97. The number of urea groups is 1. The SMILES string of the molecule is Cc1noc(C2CCN(C(=O)NC3CCC(c4ccc(Cl)cc4)C3)C2)n1. The van der Waals surface area contributed by atoms with Gasteiger partial charge in [-0.3, -0.25) is 0 Å². The van der Waals surface area contributed by atoms with Gasteiger partial charge in [0.15, 0.2) is 5.82 Å². The number of nitrogens with zero attached hydrogens (tertiary/aromatic N) is 3. The third-order valence-corrected chi connectivity index (χ3v) is 5.72. The molecule has 3 atom stereocenters. The average Bonchev–Trinajstić information content (AvgIpc) is 3.35. The van der Waals surface area contributed by atoms with Gasteiger partial charge in [-0.15, -0.1) is 0 Å². The fraction of sp³-hybridized carbons (Fsp3) is 0.526. The first kappa shape index (κ1) is 17.3. The van der Waals surface area contributed by atoms with Crippen LogP contribution in [-0.2, 0) is 0 Å². The Labute approximate surface area is 157 Å². The highest BCUT2D eigenvalue weighted by molar-refractivity contribution is 6.30. The molecule has 26 heavy (non-hydrogen) atoms. The van der Waals surface area contributed by atoms with Crippen molar-refractivity contribution in [1.82, 2.24) is 20.4 Å². The van der Waals surface area contributed by atoms with E-state index in [1.807, 2.05) is 24.0 Å². The van der Waals surface area contributed by atoms with Crippen molar-refractivity contribution in [2.75, 3.05) is 13.1 Å². The second-order valence-electron chi connectivity index (χ2n) is 7.32. The predicted molar refractivity (Wildman–Crippen MR) is 98.3 cm³/mol. The summed E-state index contributed by atoms with van der Waals surface area (Å²) in [5.74, 6) is 1.92. The standard InChI is InChI=1S/C19H23ClN4O2/c1-12-21-18(26-23-12)15-8-9-24(11-15)19(25)22-17-7-4-14(10-17)13-2-5-16(20)6-3-13/h2-3,5-6,14-15,17H,4,7-11H2,1H3,(H,22,25). The van der Waals surface area contributed by atoms with Crippen LogP contribution in [0, 0.1) is 6.92 Å². The van der Waals surface area contributed by atoms with Gasteiger partial charge in [0.2, 0.25) is 5.89 Å². The molecule has 2 aliphatic rings. The molecule has 6 nitrogen and oxygen atoms in total. The van der Waals surface area contributed by atoms with Crippen LogP contribution in [0.15, 0.2) is 28.8 Å². The zero-order chi connectivity index (χ0) is 18.1. The van der Waals surface area contributed by atoms with Crippen LogP contribution in [-0.4, -0.2) is 40.2 Å². The molecular weight excluding hydrogens is 352 g/mol. The molecule has 1 aliphatic heterocycles. The van der Waals surface area contributed by atoms with Crippen molar-refractivity contribution < 1.29 is 9.32 Å². The number of likely N-dealkylation sites (tertiary alicyclic amines) is 1. The third kappa shape index (κ3) is 3.70. The second-order valence-corrected chi connectivity index (χ2v) is 7.76. The van der Waals surface area contributed by atoms with Crippen LogP contribution < -0.4 is 5.32 Å². The van der Waals surface area contributed by atoms with E-state index in [0.29, 0.717) is 24.2 Å². The molecule has 1 N–H and O–H groups in total. The highest BCUT2D eigenvalue weighted by Gasteiger charge is 2.33. The average molecular weight is 375 g/mol. The molecular formula is C19H23ClN4O2. The van der Waals surface area contributed by atoms with Crippen molar-refractivity contribution in [3.05, 3.63) is 46.6 Å². The number of hydrogen-bond donors (Lipinski definition) is 1. The van der Waals surface area contributed by atoms with E-state index < -0.39 is 0 Å². The summed E-state index contributed by atoms with van der Waals surface area (Å²) in [6.07, 6.45) is 3.95. The third-order valence-electron chi connectivity index (χ3n) is 5.47. The summed E-state index contributed by atoms with van der Waals surface area (Å²) in [6, 6.07) is 8.31. The molecule has 1 aromatic carbocycles. The number of rotatable bonds is 3. The van der Waals surface area contributed by atoms with E-state index in [1.165, 1.54) is 5.56 Å². The predicted octanol–water partition coefficient (Wildman–Crippen LogP) is 3.87. The Bertz CT molecular complexity index is 776. The Morgan fingerprint density at radius 1 is 1.23 bits per heavy atom. The van der Waals surface area contributed by atoms with Gasteiger partial charge in [-0.25, -0.2) is 4.79 Å². The number of carbonyl (C=O) groups excluding carboxylic acids is 1. The van der Waals surface area contributed by atoms with Crippen LogP contribution in [0.4, 0.5) is 4.79 Å². The van der Waals surface area contributed by atoms with E-state index in [9.17, 15) is 4.79 Å². The highest BCUT2D eigenvalue weighted by Crippen LogP contribution is 2.35. The zero-order valence-electron chi connectivity index (χ0n) is 14.8. The quantitative estimate of drug-likeness (QED) is 0.885. The Hall–Kier alpha value is -2.08. The molecule has 0 spiro atoms. The molecule has 2 aromatic rings. The first-order valence-corrected chi connectivity index (χ1v) is 9.57. The van der Waals surface area contributed by atoms with E-state index in [1.54, 1.807) is 0 Å². The number of hydrogen-bond acceptors (Lipinski definition) is 4. The van der Waals surface area contributed by atoms with Crippen LogP contribution >= 0.6 is 11.6 Å². The number of aryl methyl sites for hydroxylation is 1. The molecule has 1 aromatic heterocycles. The number of amides is 2. The van der Waals surface area contributed by atoms with Crippen molar-refractivity contribution in [2.45, 2.75) is 50.5 Å². The summed E-state index contributed by atoms with van der Waals surface area (Å²) in [7, 11) is 0. The maximum Gasteiger partial charge on any atom is 0.317 e. The van der Waals surface area contributed by atoms with Crippen molar-refractivity contribution in [2.24, 2.45) is 0 Å². The minimum Gasteiger partial charge on any atom is -0.339 e. The molecule has 0 radical (unpaired) electrons. The minimum atomic E-state index is 0.0190. The van der Waals surface area contributed by atoms with Gasteiger partial charge in [-0.1, -0.05) is 28.9 Å². The number of carbonyl (C=O) groups is 1. The van der Waals surface area contributed by atoms with Crippen molar-refractivity contribution in [3.63, 3.8) is 0 Å². The highest BCUT2D eigenvalue weighted by atomic mass is 35.5. The molecule has 4 rings (SSSR count). The Morgan fingerprint density at radius 2 is 2.04 bits per heavy atom. The van der Waals surface area contributed by atoms with Crippen LogP contribution in [0.5, 0.6) is 0 Å². The fourth-order valence-electron chi connectivity index (χ4n) is 4.04. The zero-order valence-corrected chi connectivity index (χ0v) is 15.6. The maximum absolute atomic E-state index is 12.6. The van der Waals surface area contributed by atoms with Gasteiger partial charge in [-0.2, -0.15) is 4.98 Å². The Kier molecular flexibility index (Phi) is 4.85. The van der Waals surface area contributed by atoms with Crippen LogP contribution in [0.25, 0.3) is 0 Å². The molecule has 1 saturated heterocycles. The largest absolute Gasteiger partial charge is 0.339 e. The first-order valence-electron chi connectivity index (χ1n) is 9.19. The van der Waals surface area contributed by atoms with Gasteiger partial charge in [0.25, 0.3) is 0 Å². The minimum absolute atomic E-state index is 0.0190. The lowest BCUT2D eigenvalue weighted by Gasteiger charge is -2.20. The van der Waals surface area contributed by atoms with Crippen molar-refractivity contribution in [1.29, 1.82) is 0 Å². The lowest BCUT2D eigenvalue weighted by molar-refractivity contribution is 0.203. The number of halogens is 1. The van der Waals surface area contributed by atoms with Crippen molar-refractivity contribution >= 4 is 17.6 Å². The monoisotopic (exact) mass is 374 g/mol. The smallest absolute Gasteiger partial charge is 0.317 e. The normalized spacial score (nSPS) is 25.6. The van der Waals surface area contributed by atoms with E-state index in [4.69, 9.17) is 16.1 Å². The van der Waals surface area contributed by atoms with Gasteiger partial charge in [0, 0.05) is 24.2 Å². The summed E-state index contributed by atoms with van der Waals surface area (Å²) in [5.41, 5.74) is 1.30. The van der Waals surface area contributed by atoms with Gasteiger partial charge in [0.1, 0.15) is 0 Å². The summed E-state index contributed by atoms with van der Waals surface area (Å²) in [5, 5.41) is 7.81. The van der Waals surface area contributed by atoms with E-state index in [0.717, 1.165) is 37.3 Å². The van der Waals surface area contributed by atoms with Crippen LogP contribution in [0.1, 0.15) is 54.8 Å². The lowest BCUT2D eigenvalue weighted by atomic mass is 9.98. The summed E-state index contributed by atoms with van der Waals surface area (Å²) in [4.78, 5) is 18.8. The molecule has 0 bridgehead atoms. The fourth-order valence-corrected chi connectivity index (χ4v) is 4.17. The van der Waals surface area contributed by atoms with Gasteiger partial charge in [-0.05, 0) is 56.2 Å². The molecule has 1 saturated carbocycles. The Balaban J connectivity index is 1.29. The number of aromatic nitrogens is 2. The van der Waals surface area contributed by atoms with Gasteiger partial charge in [0.05, 0.1) is 5.92 Å². The van der Waals surface area contributed by atoms with E-state index in [2.05, 4.69) is 27.6 Å². The Morgan fingerprint density at radius 3 is 2.77 bits per heavy atom. The van der Waals surface area contributed by atoms with Crippen LogP contribution in [0.3, 0.4) is 0 Å². The lowest BCUT2D eigenvalue weighted by Crippen LogP contribution is -2.42. The van der Waals surface area contributed by atoms with E-state index in [-0.39, 0.29) is 18.0 Å². The first-order chi connectivity index (χ1) is 12.6. The molecule has 7 heteroatoms. The summed E-state index contributed by atoms with van der Waals surface area (Å²) < 4.78 is 5.25. The molecule has 2 fully saturated rings. The number of nitrogens with one attached hydrogen (secondary N) is 1. The number of benzene rings is 1. The van der Waals surface area contributed by atoms with Gasteiger partial charge >= 0.3 is 6.03 Å². The molecule has 2 heterocycles. The van der Waals surface area contributed by atoms with Crippen LogP contribution in [0.2, 0.25) is 5.02 Å². The molecule has 138 valence electrons. The van der Waals surface area contributed by atoms with Gasteiger partial charge < -0.3 is 14.7 Å². The molecule has 3 unspecified atom stereocenters. The molecule has 2 amide bonds. The maximum atomic E-state index is 12.6. The topological polar surface area (TPSA) is 71.3 Å². The van der Waals surface area contributed by atoms with Crippen molar-refractivity contribution in [3.8, 4) is 0 Å². The molecule has 1 aliphatic carbocycles. The second kappa shape index (κ2) is 7.27. The van der Waals surface area contributed by atoms with E-state index >= 15 is 0 Å². The summed E-state index contributed by atoms with van der Waals surface area (Å²) in [6.45, 7) is 3.18.